The van der Waals surface area contributed by atoms with Crippen molar-refractivity contribution in [2.75, 3.05) is 32.4 Å². The summed E-state index contributed by atoms with van der Waals surface area (Å²) in [6, 6.07) is 11.6. The summed E-state index contributed by atoms with van der Waals surface area (Å²) in [5, 5.41) is 12.8. The number of methoxy groups -OCH3 is 3. The molecular weight excluding hydrogens is 428 g/mol. The van der Waals surface area contributed by atoms with Crippen LogP contribution in [-0.4, -0.2) is 42.3 Å². The summed E-state index contributed by atoms with van der Waals surface area (Å²) in [6.07, 6.45) is 1.64. The van der Waals surface area contributed by atoms with E-state index < -0.39 is 6.23 Å². The van der Waals surface area contributed by atoms with Gasteiger partial charge in [-0.05, 0) is 24.6 Å². The van der Waals surface area contributed by atoms with Crippen LogP contribution in [0.15, 0.2) is 41.6 Å². The summed E-state index contributed by atoms with van der Waals surface area (Å²) in [5.74, 6) is 2.97. The molecule has 0 saturated carbocycles. The van der Waals surface area contributed by atoms with Crippen molar-refractivity contribution in [3.8, 4) is 34.4 Å². The molecule has 32 heavy (non-hydrogen) atoms. The zero-order valence-corrected chi connectivity index (χ0v) is 19.4. The smallest absolute Gasteiger partial charge is 0.247 e. The maximum atomic E-state index is 6.35. The Morgan fingerprint density at radius 2 is 1.78 bits per heavy atom. The first kappa shape index (κ1) is 22.0. The molecule has 1 aromatic heterocycles. The monoisotopic (exact) mass is 454 g/mol. The van der Waals surface area contributed by atoms with Gasteiger partial charge in [-0.15, -0.1) is 10.2 Å². The number of unbranched alkanes of at least 4 members (excludes halogenated alkanes) is 1. The molecule has 3 aromatic rings. The van der Waals surface area contributed by atoms with Crippen LogP contribution in [0.4, 0.5) is 5.69 Å². The van der Waals surface area contributed by atoms with Gasteiger partial charge in [-0.1, -0.05) is 43.3 Å². The molecule has 0 radical (unpaired) electrons. The Morgan fingerprint density at radius 1 is 1.03 bits per heavy atom. The Labute approximate surface area is 191 Å². The van der Waals surface area contributed by atoms with Crippen LogP contribution in [-0.2, 0) is 0 Å². The van der Waals surface area contributed by atoms with Crippen molar-refractivity contribution in [1.29, 1.82) is 0 Å². The Kier molecular flexibility index (Phi) is 6.84. The lowest BCUT2D eigenvalue weighted by Crippen LogP contribution is -2.17. The van der Waals surface area contributed by atoms with Crippen molar-refractivity contribution in [2.24, 2.45) is 0 Å². The summed E-state index contributed by atoms with van der Waals surface area (Å²) in [4.78, 5) is 4.68. The molecule has 9 heteroatoms. The minimum atomic E-state index is -0.559. The van der Waals surface area contributed by atoms with Gasteiger partial charge in [-0.3, -0.25) is 0 Å². The molecule has 1 aliphatic heterocycles. The molecule has 1 atom stereocenters. The average Bonchev–Trinajstić information content (AvgIpc) is 2.99. The van der Waals surface area contributed by atoms with Gasteiger partial charge in [0.2, 0.25) is 16.8 Å². The quantitative estimate of drug-likeness (QED) is 0.375. The highest BCUT2D eigenvalue weighted by atomic mass is 32.2. The van der Waals surface area contributed by atoms with Crippen LogP contribution < -0.4 is 24.3 Å². The van der Waals surface area contributed by atoms with Crippen molar-refractivity contribution in [3.05, 3.63) is 42.0 Å². The first-order valence-corrected chi connectivity index (χ1v) is 11.4. The number of para-hydroxylation sites is 1. The fourth-order valence-corrected chi connectivity index (χ4v) is 4.28. The Balaban J connectivity index is 1.78. The van der Waals surface area contributed by atoms with Gasteiger partial charge in [-0.2, -0.15) is 4.98 Å². The standard InChI is InChI=1S/C23H26N4O4S/c1-5-6-11-32-23-25-22-19(26-27-23)15-9-7-8-10-16(15)24-21(31-22)14-12-17(28-2)20(30-4)18(13-14)29-3/h7-10,12-13,21,24H,5-6,11H2,1-4H3/t21-/m1/s1. The van der Waals surface area contributed by atoms with Crippen LogP contribution in [0.25, 0.3) is 11.3 Å². The van der Waals surface area contributed by atoms with Gasteiger partial charge >= 0.3 is 0 Å². The number of aromatic nitrogens is 3. The van der Waals surface area contributed by atoms with Gasteiger partial charge in [0.05, 0.1) is 21.3 Å². The summed E-state index contributed by atoms with van der Waals surface area (Å²) in [6.45, 7) is 2.16. The van der Waals surface area contributed by atoms with E-state index in [1.807, 2.05) is 36.4 Å². The van der Waals surface area contributed by atoms with Crippen LogP contribution in [0.5, 0.6) is 23.1 Å². The van der Waals surface area contributed by atoms with Gasteiger partial charge < -0.3 is 24.3 Å². The fraction of sp³-hybridized carbons (Fsp3) is 0.348. The van der Waals surface area contributed by atoms with Crippen molar-refractivity contribution >= 4 is 17.4 Å². The zero-order chi connectivity index (χ0) is 22.5. The normalized spacial score (nSPS) is 14.3. The second kappa shape index (κ2) is 9.95. The molecular formula is C23H26N4O4S. The van der Waals surface area contributed by atoms with E-state index in [0.717, 1.165) is 35.4 Å². The number of nitrogens with zero attached hydrogens (tertiary/aromatic N) is 3. The van der Waals surface area contributed by atoms with E-state index in [1.54, 1.807) is 33.1 Å². The van der Waals surface area contributed by atoms with Gasteiger partial charge in [-0.25, -0.2) is 0 Å². The van der Waals surface area contributed by atoms with Crippen LogP contribution >= 0.6 is 11.8 Å². The molecule has 4 rings (SSSR count). The van der Waals surface area contributed by atoms with E-state index in [1.165, 1.54) is 0 Å². The number of thioether (sulfide) groups is 1. The van der Waals surface area contributed by atoms with Crippen LogP contribution in [0, 0.1) is 0 Å². The van der Waals surface area contributed by atoms with Crippen LogP contribution in [0.2, 0.25) is 0 Å². The molecule has 2 aromatic carbocycles. The molecule has 0 saturated heterocycles. The molecule has 0 unspecified atom stereocenters. The Morgan fingerprint density at radius 3 is 2.47 bits per heavy atom. The lowest BCUT2D eigenvalue weighted by Gasteiger charge is -2.21. The summed E-state index contributed by atoms with van der Waals surface area (Å²) in [7, 11) is 4.75. The van der Waals surface area contributed by atoms with E-state index in [9.17, 15) is 0 Å². The number of ether oxygens (including phenoxy) is 4. The van der Waals surface area contributed by atoms with Crippen molar-refractivity contribution < 1.29 is 18.9 Å². The highest BCUT2D eigenvalue weighted by Crippen LogP contribution is 2.43. The number of rotatable bonds is 8. The van der Waals surface area contributed by atoms with Gasteiger partial charge in [0.15, 0.2) is 23.4 Å². The van der Waals surface area contributed by atoms with E-state index >= 15 is 0 Å². The maximum Gasteiger partial charge on any atom is 0.247 e. The molecule has 0 amide bonds. The number of benzene rings is 2. The Hall–Kier alpha value is -3.20. The number of hydrogen-bond acceptors (Lipinski definition) is 9. The highest BCUT2D eigenvalue weighted by molar-refractivity contribution is 7.99. The lowest BCUT2D eigenvalue weighted by molar-refractivity contribution is 0.223. The van der Waals surface area contributed by atoms with Gasteiger partial charge in [0, 0.05) is 22.6 Å². The van der Waals surface area contributed by atoms with Crippen LogP contribution in [0.3, 0.4) is 0 Å². The van der Waals surface area contributed by atoms with Gasteiger partial charge in [0.1, 0.15) is 0 Å². The van der Waals surface area contributed by atoms with E-state index in [0.29, 0.717) is 34.0 Å². The third kappa shape index (κ3) is 4.38. The number of fused-ring (bicyclic) bond motifs is 3. The Bertz CT molecular complexity index is 1070. The summed E-state index contributed by atoms with van der Waals surface area (Å²) < 4.78 is 22.9. The second-order valence-corrected chi connectivity index (χ2v) is 8.16. The summed E-state index contributed by atoms with van der Waals surface area (Å²) >= 11 is 1.58. The maximum absolute atomic E-state index is 6.35. The van der Waals surface area contributed by atoms with Crippen molar-refractivity contribution in [1.82, 2.24) is 15.2 Å². The lowest BCUT2D eigenvalue weighted by atomic mass is 10.1. The molecule has 8 nitrogen and oxygen atoms in total. The van der Waals surface area contributed by atoms with Crippen LogP contribution in [0.1, 0.15) is 31.6 Å². The molecule has 168 valence electrons. The zero-order valence-electron chi connectivity index (χ0n) is 18.5. The largest absolute Gasteiger partial charge is 0.493 e. The predicted molar refractivity (Wildman–Crippen MR) is 124 cm³/mol. The molecule has 1 N–H and O–H groups in total. The first-order chi connectivity index (χ1) is 15.7. The minimum Gasteiger partial charge on any atom is -0.493 e. The first-order valence-electron chi connectivity index (χ1n) is 10.4. The molecule has 1 aliphatic rings. The fourth-order valence-electron chi connectivity index (χ4n) is 3.42. The molecule has 0 bridgehead atoms. The second-order valence-electron chi connectivity index (χ2n) is 7.10. The average molecular weight is 455 g/mol. The topological polar surface area (TPSA) is 87.6 Å². The number of hydrogen-bond donors (Lipinski definition) is 1. The SMILES string of the molecule is CCCCSc1nnc2c(n1)O[C@H](c1cc(OC)c(OC)c(OC)c1)Nc1ccccc1-2. The van der Waals surface area contributed by atoms with Gasteiger partial charge in [0.25, 0.3) is 0 Å². The van der Waals surface area contributed by atoms with Crippen molar-refractivity contribution in [2.45, 2.75) is 31.1 Å². The van der Waals surface area contributed by atoms with E-state index in [4.69, 9.17) is 18.9 Å². The highest BCUT2D eigenvalue weighted by Gasteiger charge is 2.28. The minimum absolute atomic E-state index is 0.426. The van der Waals surface area contributed by atoms with E-state index in [-0.39, 0.29) is 0 Å². The van der Waals surface area contributed by atoms with Crippen molar-refractivity contribution in [3.63, 3.8) is 0 Å². The number of nitrogens with one attached hydrogen (secondary N) is 1. The third-order valence-corrected chi connectivity index (χ3v) is 5.98. The van der Waals surface area contributed by atoms with E-state index in [2.05, 4.69) is 27.4 Å². The number of anilines is 1. The molecule has 2 heterocycles. The molecule has 0 fully saturated rings. The molecule has 0 spiro atoms. The summed E-state index contributed by atoms with van der Waals surface area (Å²) in [5.41, 5.74) is 3.14. The third-order valence-electron chi connectivity index (χ3n) is 5.05. The predicted octanol–water partition coefficient (Wildman–Crippen LogP) is 4.96. The molecule has 0 aliphatic carbocycles.